The molecule has 3 heterocycles. The maximum atomic E-state index is 13.5. The van der Waals surface area contributed by atoms with Crippen LogP contribution in [0.25, 0.3) is 10.9 Å². The van der Waals surface area contributed by atoms with E-state index in [0.29, 0.717) is 12.5 Å². The van der Waals surface area contributed by atoms with Crippen LogP contribution in [0.1, 0.15) is 44.4 Å². The number of likely N-dealkylation sites (N-methyl/N-ethyl adjacent to an activating group) is 1. The quantitative estimate of drug-likeness (QED) is 0.794. The number of aromatic nitrogens is 1. The Kier molecular flexibility index (Phi) is 6.17. The molecule has 1 N–H and O–H groups in total. The number of amides is 1. The number of carbonyl (C=O) groups excluding carboxylic acids is 1. The molecule has 2 atom stereocenters. The first kappa shape index (κ1) is 21.0. The minimum atomic E-state index is -0.180. The monoisotopic (exact) mass is 406 g/mol. The van der Waals surface area contributed by atoms with E-state index >= 15 is 0 Å². The predicted molar refractivity (Wildman–Crippen MR) is 122 cm³/mol. The minimum absolute atomic E-state index is 0.180. The lowest BCUT2D eigenvalue weighted by atomic mass is 9.94. The van der Waals surface area contributed by atoms with E-state index in [0.717, 1.165) is 39.0 Å². The zero-order valence-corrected chi connectivity index (χ0v) is 18.7. The first-order valence-corrected chi connectivity index (χ1v) is 11.2. The highest BCUT2D eigenvalue weighted by Gasteiger charge is 2.33. The molecule has 2 aliphatic heterocycles. The third-order valence-corrected chi connectivity index (χ3v) is 6.47. The van der Waals surface area contributed by atoms with Crippen LogP contribution in [0.3, 0.4) is 0 Å². The molecule has 4 rings (SSSR count). The van der Waals surface area contributed by atoms with Gasteiger partial charge in [-0.2, -0.15) is 0 Å². The van der Waals surface area contributed by atoms with Crippen molar-refractivity contribution in [2.45, 2.75) is 52.2 Å². The summed E-state index contributed by atoms with van der Waals surface area (Å²) in [6.07, 6.45) is 3.98. The van der Waals surface area contributed by atoms with Crippen molar-refractivity contribution in [2.75, 3.05) is 33.2 Å². The number of piperazine rings is 1. The molecule has 1 aromatic heterocycles. The van der Waals surface area contributed by atoms with E-state index in [4.69, 9.17) is 0 Å². The largest absolute Gasteiger partial charge is 0.339 e. The van der Waals surface area contributed by atoms with Crippen LogP contribution in [0.2, 0.25) is 0 Å². The van der Waals surface area contributed by atoms with Crippen LogP contribution in [0.4, 0.5) is 0 Å². The van der Waals surface area contributed by atoms with E-state index in [9.17, 15) is 4.79 Å². The lowest BCUT2D eigenvalue weighted by molar-refractivity contribution is -0.135. The summed E-state index contributed by atoms with van der Waals surface area (Å²) in [6.45, 7) is 10.6. The van der Waals surface area contributed by atoms with Crippen molar-refractivity contribution in [1.29, 1.82) is 0 Å². The second-order valence-corrected chi connectivity index (χ2v) is 9.18. The van der Waals surface area contributed by atoms with Gasteiger partial charge < -0.3 is 14.4 Å². The average Bonchev–Trinajstić information content (AvgIpc) is 3.00. The van der Waals surface area contributed by atoms with Crippen molar-refractivity contribution < 1.29 is 4.79 Å². The molecule has 1 saturated heterocycles. The Hall–Kier alpha value is -2.29. The van der Waals surface area contributed by atoms with Gasteiger partial charge in [-0.05, 0) is 49.9 Å². The minimum Gasteiger partial charge on any atom is -0.339 e. The summed E-state index contributed by atoms with van der Waals surface area (Å²) in [5.74, 6) is 7.01. The Morgan fingerprint density at radius 2 is 2.00 bits per heavy atom. The smallest absolute Gasteiger partial charge is 0.240 e. The number of hydrogen-bond acceptors (Lipinski definition) is 3. The van der Waals surface area contributed by atoms with Gasteiger partial charge in [-0.25, -0.2) is 0 Å². The van der Waals surface area contributed by atoms with Gasteiger partial charge in [0.2, 0.25) is 5.91 Å². The molecule has 2 aromatic rings. The molecule has 1 aromatic carbocycles. The lowest BCUT2D eigenvalue weighted by Gasteiger charge is -2.35. The van der Waals surface area contributed by atoms with Gasteiger partial charge in [-0.15, -0.1) is 5.92 Å². The molecule has 0 saturated carbocycles. The van der Waals surface area contributed by atoms with E-state index in [-0.39, 0.29) is 18.0 Å². The zero-order chi connectivity index (χ0) is 21.3. The van der Waals surface area contributed by atoms with Gasteiger partial charge in [0.1, 0.15) is 0 Å². The summed E-state index contributed by atoms with van der Waals surface area (Å²) in [4.78, 5) is 17.9. The zero-order valence-electron chi connectivity index (χ0n) is 18.7. The second-order valence-electron chi connectivity index (χ2n) is 9.18. The maximum Gasteiger partial charge on any atom is 0.240 e. The highest BCUT2D eigenvalue weighted by molar-refractivity contribution is 5.90. The highest BCUT2D eigenvalue weighted by atomic mass is 16.2. The SMILES string of the molecule is CC#CCn1cc2c3c(cccc31)C(CC(C)C)NC(C(=O)N1CCN(C)CC1)C2. The summed E-state index contributed by atoms with van der Waals surface area (Å²) in [7, 11) is 2.12. The fourth-order valence-corrected chi connectivity index (χ4v) is 4.89. The third kappa shape index (κ3) is 4.12. The number of hydrogen-bond donors (Lipinski definition) is 1. The third-order valence-electron chi connectivity index (χ3n) is 6.47. The standard InChI is InChI=1S/C25H34N4O/c1-5-6-10-29-17-19-16-22(25(30)28-13-11-27(4)12-14-28)26-21(15-18(2)3)20-8-7-9-23(29)24(19)20/h7-9,17-18,21-22,26H,10-16H2,1-4H3. The van der Waals surface area contributed by atoms with Gasteiger partial charge in [0.15, 0.2) is 0 Å². The van der Waals surface area contributed by atoms with Crippen molar-refractivity contribution in [3.63, 3.8) is 0 Å². The Labute approximate surface area is 180 Å². The maximum absolute atomic E-state index is 13.5. The number of nitrogens with one attached hydrogen (secondary N) is 1. The summed E-state index contributed by atoms with van der Waals surface area (Å²) in [6, 6.07) is 6.58. The van der Waals surface area contributed by atoms with E-state index in [1.54, 1.807) is 0 Å². The average molecular weight is 407 g/mol. The van der Waals surface area contributed by atoms with E-state index in [1.165, 1.54) is 22.0 Å². The van der Waals surface area contributed by atoms with Gasteiger partial charge in [-0.3, -0.25) is 10.1 Å². The first-order chi connectivity index (χ1) is 14.5. The van der Waals surface area contributed by atoms with Gasteiger partial charge in [0.25, 0.3) is 0 Å². The van der Waals surface area contributed by atoms with Crippen LogP contribution < -0.4 is 5.32 Å². The number of nitrogens with zero attached hydrogens (tertiary/aromatic N) is 3. The van der Waals surface area contributed by atoms with Crippen LogP contribution in [0, 0.1) is 17.8 Å². The van der Waals surface area contributed by atoms with E-state index in [2.05, 4.69) is 76.8 Å². The number of benzene rings is 1. The van der Waals surface area contributed by atoms with Crippen molar-refractivity contribution in [1.82, 2.24) is 19.7 Å². The summed E-state index contributed by atoms with van der Waals surface area (Å²) in [5.41, 5.74) is 3.83. The molecular weight excluding hydrogens is 372 g/mol. The Bertz CT molecular complexity index is 972. The molecule has 160 valence electrons. The molecule has 1 amide bonds. The van der Waals surface area contributed by atoms with Crippen molar-refractivity contribution >= 4 is 16.8 Å². The molecular formula is C25H34N4O. The van der Waals surface area contributed by atoms with Crippen LogP contribution >= 0.6 is 0 Å². The molecule has 2 unspecified atom stereocenters. The molecule has 0 radical (unpaired) electrons. The van der Waals surface area contributed by atoms with Crippen LogP contribution in [-0.4, -0.2) is 59.5 Å². The van der Waals surface area contributed by atoms with Gasteiger partial charge in [0.05, 0.1) is 12.6 Å². The number of rotatable bonds is 4. The molecule has 2 aliphatic rings. The Balaban J connectivity index is 1.72. The van der Waals surface area contributed by atoms with Crippen LogP contribution in [-0.2, 0) is 17.8 Å². The fraction of sp³-hybridized carbons (Fsp3) is 0.560. The summed E-state index contributed by atoms with van der Waals surface area (Å²) < 4.78 is 2.25. The Morgan fingerprint density at radius 3 is 2.70 bits per heavy atom. The first-order valence-electron chi connectivity index (χ1n) is 11.2. The van der Waals surface area contributed by atoms with Crippen molar-refractivity contribution in [3.8, 4) is 11.8 Å². The molecule has 5 heteroatoms. The molecule has 0 bridgehead atoms. The molecule has 5 nitrogen and oxygen atoms in total. The summed E-state index contributed by atoms with van der Waals surface area (Å²) >= 11 is 0. The molecule has 1 fully saturated rings. The van der Waals surface area contributed by atoms with E-state index in [1.807, 2.05) is 6.92 Å². The molecule has 0 aliphatic carbocycles. The van der Waals surface area contributed by atoms with Crippen LogP contribution in [0.5, 0.6) is 0 Å². The Morgan fingerprint density at radius 1 is 1.23 bits per heavy atom. The van der Waals surface area contributed by atoms with E-state index < -0.39 is 0 Å². The molecule has 0 spiro atoms. The van der Waals surface area contributed by atoms with Gasteiger partial charge >= 0.3 is 0 Å². The van der Waals surface area contributed by atoms with Gasteiger partial charge in [0, 0.05) is 49.3 Å². The fourth-order valence-electron chi connectivity index (χ4n) is 4.89. The van der Waals surface area contributed by atoms with Gasteiger partial charge in [-0.1, -0.05) is 31.9 Å². The number of carbonyl (C=O) groups is 1. The van der Waals surface area contributed by atoms with Crippen LogP contribution in [0.15, 0.2) is 24.4 Å². The van der Waals surface area contributed by atoms with Crippen molar-refractivity contribution in [2.24, 2.45) is 5.92 Å². The highest BCUT2D eigenvalue weighted by Crippen LogP contribution is 2.36. The second kappa shape index (κ2) is 8.83. The summed E-state index contributed by atoms with van der Waals surface area (Å²) in [5, 5.41) is 5.09. The topological polar surface area (TPSA) is 40.5 Å². The van der Waals surface area contributed by atoms with Crippen molar-refractivity contribution in [3.05, 3.63) is 35.5 Å². The normalized spacial score (nSPS) is 22.1. The lowest BCUT2D eigenvalue weighted by Crippen LogP contribution is -2.54. The predicted octanol–water partition coefficient (Wildman–Crippen LogP) is 3.04. The molecule has 30 heavy (non-hydrogen) atoms.